The average Bonchev–Trinajstić information content (AvgIpc) is 2.61. The largest absolute Gasteiger partial charge is 0.488 e. The molecule has 0 radical (unpaired) electrons. The molecule has 0 aromatic heterocycles. The molecule has 0 unspecified atom stereocenters. The zero-order valence-electron chi connectivity index (χ0n) is 15.2. The molecule has 2 aromatic rings. The van der Waals surface area contributed by atoms with Crippen LogP contribution in [0.5, 0.6) is 5.75 Å². The molecule has 1 fully saturated rings. The van der Waals surface area contributed by atoms with Crippen molar-refractivity contribution in [2.24, 2.45) is 0 Å². The fraction of sp³-hybridized carbons (Fsp3) is 0.455. The Balaban J connectivity index is 1.62. The summed E-state index contributed by atoms with van der Waals surface area (Å²) in [4.78, 5) is 0. The molecule has 0 saturated heterocycles. The van der Waals surface area contributed by atoms with Crippen LogP contribution in [0.25, 0.3) is 0 Å². The Hall–Kier alpha value is -1.58. The van der Waals surface area contributed by atoms with Gasteiger partial charge in [0.05, 0.1) is 6.04 Å². The monoisotopic (exact) mass is 376 g/mol. The van der Waals surface area contributed by atoms with E-state index >= 15 is 0 Å². The quantitative estimate of drug-likeness (QED) is 0.733. The third-order valence-electron chi connectivity index (χ3n) is 5.18. The molecule has 26 heavy (non-hydrogen) atoms. The Morgan fingerprint density at radius 1 is 0.962 bits per heavy atom. The normalized spacial score (nSPS) is 16.1. The summed E-state index contributed by atoms with van der Waals surface area (Å²) >= 11 is 6.20. The molecule has 4 heteroatoms. The van der Waals surface area contributed by atoms with Gasteiger partial charge in [0.2, 0.25) is 0 Å². The zero-order chi connectivity index (χ0) is 18.2. The molecule has 0 heterocycles. The van der Waals surface area contributed by atoms with Gasteiger partial charge in [0.15, 0.2) is 0 Å². The van der Waals surface area contributed by atoms with E-state index in [9.17, 15) is 4.39 Å². The lowest BCUT2D eigenvalue weighted by Gasteiger charge is -2.19. The van der Waals surface area contributed by atoms with E-state index in [1.54, 1.807) is 12.1 Å². The van der Waals surface area contributed by atoms with Crippen molar-refractivity contribution >= 4 is 11.6 Å². The van der Waals surface area contributed by atoms with Crippen LogP contribution in [0.15, 0.2) is 42.5 Å². The molecule has 1 aliphatic rings. The van der Waals surface area contributed by atoms with Crippen LogP contribution in [-0.4, -0.2) is 6.04 Å². The molecule has 0 amide bonds. The Labute approximate surface area is 160 Å². The summed E-state index contributed by atoms with van der Waals surface area (Å²) in [6, 6.07) is 13.1. The van der Waals surface area contributed by atoms with Crippen LogP contribution >= 0.6 is 11.6 Å². The first-order chi connectivity index (χ1) is 12.7. The fourth-order valence-corrected chi connectivity index (χ4v) is 3.83. The number of rotatable bonds is 6. The number of hydrogen-bond donors (Lipinski definition) is 1. The van der Waals surface area contributed by atoms with Crippen molar-refractivity contribution in [3.05, 3.63) is 64.4 Å². The van der Waals surface area contributed by atoms with E-state index in [0.717, 1.165) is 17.9 Å². The van der Waals surface area contributed by atoms with Gasteiger partial charge in [0, 0.05) is 16.1 Å². The third-order valence-corrected chi connectivity index (χ3v) is 5.42. The van der Waals surface area contributed by atoms with Crippen LogP contribution in [0.4, 0.5) is 4.39 Å². The van der Waals surface area contributed by atoms with E-state index in [2.05, 4.69) is 5.32 Å². The lowest BCUT2D eigenvalue weighted by atomic mass is 9.96. The van der Waals surface area contributed by atoms with Crippen LogP contribution in [0, 0.1) is 5.82 Å². The summed E-state index contributed by atoms with van der Waals surface area (Å²) in [5.74, 6) is 0.559. The first-order valence-electron chi connectivity index (χ1n) is 9.70. The molecular weight excluding hydrogens is 349 g/mol. The zero-order valence-corrected chi connectivity index (χ0v) is 16.0. The summed E-state index contributed by atoms with van der Waals surface area (Å²) in [6.45, 7) is 1.07. The van der Waals surface area contributed by atoms with Crippen LogP contribution < -0.4 is 10.1 Å². The molecule has 0 atom stereocenters. The van der Waals surface area contributed by atoms with Gasteiger partial charge in [-0.25, -0.2) is 4.39 Å². The van der Waals surface area contributed by atoms with Gasteiger partial charge >= 0.3 is 0 Å². The molecular formula is C22H28ClFNO+. The molecule has 0 aliphatic heterocycles. The highest BCUT2D eigenvalue weighted by molar-refractivity contribution is 6.30. The molecule has 140 valence electrons. The van der Waals surface area contributed by atoms with Crippen molar-refractivity contribution in [3.63, 3.8) is 0 Å². The van der Waals surface area contributed by atoms with Gasteiger partial charge in [0.25, 0.3) is 0 Å². The molecule has 2 N–H and O–H groups in total. The Morgan fingerprint density at radius 2 is 1.69 bits per heavy atom. The van der Waals surface area contributed by atoms with E-state index in [4.69, 9.17) is 16.3 Å². The Morgan fingerprint density at radius 3 is 2.46 bits per heavy atom. The Kier molecular flexibility index (Phi) is 7.33. The van der Waals surface area contributed by atoms with Gasteiger partial charge in [-0.05, 0) is 49.9 Å². The minimum absolute atomic E-state index is 0.227. The van der Waals surface area contributed by atoms with Gasteiger partial charge in [-0.1, -0.05) is 49.1 Å². The SMILES string of the molecule is Fc1ccccc1COc1ccc(Cl)cc1C[NH2+]C1CCCCCCC1. The van der Waals surface area contributed by atoms with Crippen molar-refractivity contribution in [2.75, 3.05) is 0 Å². The maximum absolute atomic E-state index is 13.8. The predicted molar refractivity (Wildman–Crippen MR) is 104 cm³/mol. The van der Waals surface area contributed by atoms with Crippen LogP contribution in [0.3, 0.4) is 0 Å². The molecule has 2 aromatic carbocycles. The van der Waals surface area contributed by atoms with Gasteiger partial charge in [-0.3, -0.25) is 0 Å². The highest BCUT2D eigenvalue weighted by atomic mass is 35.5. The first kappa shape index (κ1) is 19.2. The molecule has 0 bridgehead atoms. The number of quaternary nitrogens is 1. The topological polar surface area (TPSA) is 25.8 Å². The van der Waals surface area contributed by atoms with E-state index in [0.29, 0.717) is 16.6 Å². The van der Waals surface area contributed by atoms with Crippen molar-refractivity contribution in [1.82, 2.24) is 0 Å². The van der Waals surface area contributed by atoms with Gasteiger partial charge < -0.3 is 10.1 Å². The number of ether oxygens (including phenoxy) is 1. The molecule has 0 spiro atoms. The number of hydrogen-bond acceptors (Lipinski definition) is 1. The Bertz CT molecular complexity index is 698. The molecule has 3 rings (SSSR count). The summed E-state index contributed by atoms with van der Waals surface area (Å²) in [7, 11) is 0. The average molecular weight is 377 g/mol. The maximum Gasteiger partial charge on any atom is 0.129 e. The summed E-state index contributed by atoms with van der Waals surface area (Å²) < 4.78 is 19.7. The molecule has 2 nitrogen and oxygen atoms in total. The van der Waals surface area contributed by atoms with Gasteiger partial charge in [-0.2, -0.15) is 0 Å². The number of halogens is 2. The summed E-state index contributed by atoms with van der Waals surface area (Å²) in [5.41, 5.74) is 1.65. The fourth-order valence-electron chi connectivity index (χ4n) is 3.64. The smallest absolute Gasteiger partial charge is 0.129 e. The minimum atomic E-state index is -0.232. The molecule has 1 aliphatic carbocycles. The number of benzene rings is 2. The van der Waals surface area contributed by atoms with E-state index in [1.165, 1.54) is 51.0 Å². The van der Waals surface area contributed by atoms with Gasteiger partial charge in [-0.15, -0.1) is 0 Å². The maximum atomic E-state index is 13.8. The van der Waals surface area contributed by atoms with E-state index in [-0.39, 0.29) is 12.4 Å². The van der Waals surface area contributed by atoms with E-state index in [1.807, 2.05) is 24.3 Å². The second-order valence-corrected chi connectivity index (χ2v) is 7.61. The second-order valence-electron chi connectivity index (χ2n) is 7.18. The van der Waals surface area contributed by atoms with E-state index < -0.39 is 0 Å². The minimum Gasteiger partial charge on any atom is -0.488 e. The van der Waals surface area contributed by atoms with Crippen molar-refractivity contribution < 1.29 is 14.4 Å². The third kappa shape index (κ3) is 5.72. The van der Waals surface area contributed by atoms with Crippen molar-refractivity contribution in [1.29, 1.82) is 0 Å². The van der Waals surface area contributed by atoms with Crippen LogP contribution in [0.2, 0.25) is 5.02 Å². The first-order valence-corrected chi connectivity index (χ1v) is 10.1. The van der Waals surface area contributed by atoms with Gasteiger partial charge in [0.1, 0.15) is 24.7 Å². The van der Waals surface area contributed by atoms with Crippen molar-refractivity contribution in [3.8, 4) is 5.75 Å². The van der Waals surface area contributed by atoms with Crippen LogP contribution in [-0.2, 0) is 13.2 Å². The van der Waals surface area contributed by atoms with Crippen molar-refractivity contribution in [2.45, 2.75) is 64.1 Å². The predicted octanol–water partition coefficient (Wildman–Crippen LogP) is 5.23. The van der Waals surface area contributed by atoms with Crippen LogP contribution in [0.1, 0.15) is 56.1 Å². The summed E-state index contributed by atoms with van der Waals surface area (Å²) in [5, 5.41) is 3.14. The lowest BCUT2D eigenvalue weighted by Crippen LogP contribution is -2.88. The highest BCUT2D eigenvalue weighted by Crippen LogP contribution is 2.24. The number of nitrogens with two attached hydrogens (primary N) is 1. The standard InChI is InChI=1S/C22H27ClFNO/c23-19-12-13-22(26-16-17-8-6-7-11-21(17)24)18(14-19)15-25-20-9-4-2-1-3-5-10-20/h6-8,11-14,20,25H,1-5,9-10,15-16H2/p+1. The molecule has 1 saturated carbocycles. The highest BCUT2D eigenvalue weighted by Gasteiger charge is 2.16. The summed E-state index contributed by atoms with van der Waals surface area (Å²) in [6.07, 6.45) is 9.32. The second kappa shape index (κ2) is 9.94. The lowest BCUT2D eigenvalue weighted by molar-refractivity contribution is -0.706.